The van der Waals surface area contributed by atoms with Gasteiger partial charge in [0, 0.05) is 18.5 Å². The number of anilines is 1. The molecule has 0 fully saturated rings. The Morgan fingerprint density at radius 1 is 1.08 bits per heavy atom. The van der Waals surface area contributed by atoms with E-state index in [1.807, 2.05) is 69.3 Å². The molecular formula is C21H26N2O2S. The van der Waals surface area contributed by atoms with Crippen molar-refractivity contribution in [1.29, 1.82) is 0 Å². The Morgan fingerprint density at radius 2 is 1.77 bits per heavy atom. The molecule has 5 heteroatoms. The van der Waals surface area contributed by atoms with Crippen molar-refractivity contribution in [3.05, 3.63) is 65.2 Å². The zero-order valence-corrected chi connectivity index (χ0v) is 16.6. The van der Waals surface area contributed by atoms with Gasteiger partial charge in [-0.1, -0.05) is 42.5 Å². The van der Waals surface area contributed by atoms with E-state index in [2.05, 4.69) is 5.32 Å². The number of hydrogen-bond acceptors (Lipinski definition) is 3. The van der Waals surface area contributed by atoms with Crippen LogP contribution in [0.25, 0.3) is 0 Å². The summed E-state index contributed by atoms with van der Waals surface area (Å²) in [5, 5.41) is 2.69. The van der Waals surface area contributed by atoms with Crippen molar-refractivity contribution >= 4 is 29.3 Å². The van der Waals surface area contributed by atoms with E-state index in [-0.39, 0.29) is 23.6 Å². The van der Waals surface area contributed by atoms with Crippen LogP contribution in [0.15, 0.2) is 48.5 Å². The van der Waals surface area contributed by atoms with Gasteiger partial charge in [-0.2, -0.15) is 0 Å². The summed E-state index contributed by atoms with van der Waals surface area (Å²) in [6, 6.07) is 15.8. The lowest BCUT2D eigenvalue weighted by molar-refractivity contribution is -0.132. The summed E-state index contributed by atoms with van der Waals surface area (Å²) in [5.74, 6) is 0.549. The second kappa shape index (κ2) is 9.43. The zero-order chi connectivity index (χ0) is 19.1. The number of benzene rings is 2. The molecule has 0 bridgehead atoms. The first-order valence-corrected chi connectivity index (χ1v) is 9.70. The second-order valence-electron chi connectivity index (χ2n) is 6.43. The van der Waals surface area contributed by atoms with E-state index >= 15 is 0 Å². The van der Waals surface area contributed by atoms with Gasteiger partial charge >= 0.3 is 0 Å². The largest absolute Gasteiger partial charge is 0.335 e. The van der Waals surface area contributed by atoms with Crippen molar-refractivity contribution in [3.63, 3.8) is 0 Å². The van der Waals surface area contributed by atoms with E-state index in [4.69, 9.17) is 0 Å². The number of hydrogen-bond donors (Lipinski definition) is 1. The van der Waals surface area contributed by atoms with Crippen LogP contribution in [0.2, 0.25) is 0 Å². The lowest BCUT2D eigenvalue weighted by Gasteiger charge is -2.21. The average molecular weight is 371 g/mol. The molecule has 2 rings (SSSR count). The van der Waals surface area contributed by atoms with Gasteiger partial charge < -0.3 is 10.2 Å². The van der Waals surface area contributed by atoms with Crippen LogP contribution in [0.1, 0.15) is 23.6 Å². The van der Waals surface area contributed by atoms with Crippen LogP contribution in [-0.4, -0.2) is 35.6 Å². The molecule has 2 aromatic carbocycles. The topological polar surface area (TPSA) is 49.4 Å². The van der Waals surface area contributed by atoms with Gasteiger partial charge in [0.15, 0.2) is 0 Å². The van der Waals surface area contributed by atoms with E-state index in [0.29, 0.717) is 0 Å². The monoisotopic (exact) mass is 370 g/mol. The predicted octanol–water partition coefficient (Wildman–Crippen LogP) is 4.02. The Morgan fingerprint density at radius 3 is 2.46 bits per heavy atom. The molecule has 0 aromatic heterocycles. The summed E-state index contributed by atoms with van der Waals surface area (Å²) < 4.78 is 0. The molecule has 0 spiro atoms. The Balaban J connectivity index is 1.85. The van der Waals surface area contributed by atoms with Crippen LogP contribution in [-0.2, 0) is 15.3 Å². The van der Waals surface area contributed by atoms with Gasteiger partial charge in [-0.25, -0.2) is 0 Å². The average Bonchev–Trinajstić information content (AvgIpc) is 2.63. The lowest BCUT2D eigenvalue weighted by Crippen LogP contribution is -2.39. The highest BCUT2D eigenvalue weighted by molar-refractivity contribution is 7.99. The van der Waals surface area contributed by atoms with Crippen LogP contribution >= 0.6 is 11.8 Å². The van der Waals surface area contributed by atoms with Gasteiger partial charge in [0.05, 0.1) is 11.8 Å². The fraction of sp³-hybridized carbons (Fsp3) is 0.333. The maximum atomic E-state index is 12.5. The molecule has 1 N–H and O–H groups in total. The SMILES string of the molecule is Cc1cccc(NC(=O)CN(C)C(=O)C(C)SCc2ccccc2)c1C. The van der Waals surface area contributed by atoms with Gasteiger partial charge in [0.1, 0.15) is 0 Å². The molecule has 0 aliphatic carbocycles. The minimum atomic E-state index is -0.200. The van der Waals surface area contributed by atoms with Gasteiger partial charge in [-0.05, 0) is 43.5 Å². The van der Waals surface area contributed by atoms with Crippen LogP contribution in [0, 0.1) is 13.8 Å². The number of likely N-dealkylation sites (N-methyl/N-ethyl adjacent to an activating group) is 1. The number of nitrogens with one attached hydrogen (secondary N) is 1. The van der Waals surface area contributed by atoms with E-state index in [9.17, 15) is 9.59 Å². The first kappa shape index (κ1) is 20.0. The van der Waals surface area contributed by atoms with Crippen LogP contribution in [0.5, 0.6) is 0 Å². The molecule has 0 aliphatic rings. The highest BCUT2D eigenvalue weighted by Gasteiger charge is 2.20. The van der Waals surface area contributed by atoms with Gasteiger partial charge in [-0.3, -0.25) is 9.59 Å². The molecule has 2 aromatic rings. The van der Waals surface area contributed by atoms with Crippen LogP contribution < -0.4 is 5.32 Å². The molecule has 2 amide bonds. The highest BCUT2D eigenvalue weighted by atomic mass is 32.2. The van der Waals surface area contributed by atoms with E-state index in [1.165, 1.54) is 10.5 Å². The zero-order valence-electron chi connectivity index (χ0n) is 15.8. The Bertz CT molecular complexity index is 762. The maximum Gasteiger partial charge on any atom is 0.243 e. The molecular weight excluding hydrogens is 344 g/mol. The number of thioether (sulfide) groups is 1. The molecule has 4 nitrogen and oxygen atoms in total. The van der Waals surface area contributed by atoms with Gasteiger partial charge in [0.2, 0.25) is 11.8 Å². The summed E-state index contributed by atoms with van der Waals surface area (Å²) in [6.07, 6.45) is 0. The summed E-state index contributed by atoms with van der Waals surface area (Å²) in [5.41, 5.74) is 4.15. The van der Waals surface area contributed by atoms with Crippen molar-refractivity contribution in [2.45, 2.75) is 31.8 Å². The van der Waals surface area contributed by atoms with Crippen LogP contribution in [0.3, 0.4) is 0 Å². The van der Waals surface area contributed by atoms with E-state index in [1.54, 1.807) is 18.8 Å². The molecule has 138 valence electrons. The van der Waals surface area contributed by atoms with Crippen molar-refractivity contribution in [2.75, 3.05) is 18.9 Å². The molecule has 26 heavy (non-hydrogen) atoms. The Labute approximate surface area is 160 Å². The third-order valence-corrected chi connectivity index (χ3v) is 5.53. The smallest absolute Gasteiger partial charge is 0.243 e. The number of nitrogens with zero attached hydrogens (tertiary/aromatic N) is 1. The van der Waals surface area contributed by atoms with Crippen molar-refractivity contribution < 1.29 is 9.59 Å². The first-order valence-electron chi connectivity index (χ1n) is 8.65. The minimum absolute atomic E-state index is 0.0398. The summed E-state index contributed by atoms with van der Waals surface area (Å²) in [4.78, 5) is 26.3. The fourth-order valence-corrected chi connectivity index (χ4v) is 3.50. The third-order valence-electron chi connectivity index (χ3n) is 4.33. The Kier molecular flexibility index (Phi) is 7.27. The number of carbonyl (C=O) groups excluding carboxylic acids is 2. The third kappa shape index (κ3) is 5.63. The normalized spacial score (nSPS) is 11.7. The standard InChI is InChI=1S/C21H26N2O2S/c1-15-9-8-12-19(16(15)2)22-20(24)13-23(4)21(25)17(3)26-14-18-10-6-5-7-11-18/h5-12,17H,13-14H2,1-4H3,(H,22,24). The number of carbonyl (C=O) groups is 2. The molecule has 0 radical (unpaired) electrons. The summed E-state index contributed by atoms with van der Waals surface area (Å²) in [6.45, 7) is 5.91. The molecule has 1 unspecified atom stereocenters. The molecule has 0 heterocycles. The van der Waals surface area contributed by atoms with Crippen molar-refractivity contribution in [2.24, 2.45) is 0 Å². The van der Waals surface area contributed by atoms with E-state index in [0.717, 1.165) is 22.6 Å². The van der Waals surface area contributed by atoms with Crippen LogP contribution in [0.4, 0.5) is 5.69 Å². The van der Waals surface area contributed by atoms with Gasteiger partial charge in [0.25, 0.3) is 0 Å². The summed E-state index contributed by atoms with van der Waals surface area (Å²) >= 11 is 1.58. The van der Waals surface area contributed by atoms with Crippen molar-refractivity contribution in [3.8, 4) is 0 Å². The van der Waals surface area contributed by atoms with E-state index < -0.39 is 0 Å². The number of amides is 2. The predicted molar refractivity (Wildman–Crippen MR) is 109 cm³/mol. The number of aryl methyl sites for hydroxylation is 1. The minimum Gasteiger partial charge on any atom is -0.335 e. The lowest BCUT2D eigenvalue weighted by atomic mass is 10.1. The quantitative estimate of drug-likeness (QED) is 0.801. The Hall–Kier alpha value is -2.27. The first-order chi connectivity index (χ1) is 12.4. The molecule has 0 saturated carbocycles. The highest BCUT2D eigenvalue weighted by Crippen LogP contribution is 2.20. The molecule has 1 atom stereocenters. The second-order valence-corrected chi connectivity index (χ2v) is 7.76. The maximum absolute atomic E-state index is 12.5. The number of rotatable bonds is 7. The summed E-state index contributed by atoms with van der Waals surface area (Å²) in [7, 11) is 1.67. The molecule has 0 aliphatic heterocycles. The van der Waals surface area contributed by atoms with Crippen molar-refractivity contribution in [1.82, 2.24) is 4.90 Å². The van der Waals surface area contributed by atoms with Gasteiger partial charge in [-0.15, -0.1) is 11.8 Å². The fourth-order valence-electron chi connectivity index (χ4n) is 2.55. The molecule has 0 saturated heterocycles.